The molecule has 1 rings (SSSR count). The van der Waals surface area contributed by atoms with Crippen LogP contribution in [0, 0.1) is 6.92 Å². The van der Waals surface area contributed by atoms with Crippen LogP contribution in [0.2, 0.25) is 0 Å². The van der Waals surface area contributed by atoms with Gasteiger partial charge in [-0.05, 0) is 57.1 Å². The van der Waals surface area contributed by atoms with E-state index >= 15 is 0 Å². The zero-order valence-corrected chi connectivity index (χ0v) is 13.9. The maximum Gasteiger partial charge on any atom is 0.00967 e. The lowest BCUT2D eigenvalue weighted by Crippen LogP contribution is -2.38. The van der Waals surface area contributed by atoms with Crippen molar-refractivity contribution in [1.82, 2.24) is 5.32 Å². The summed E-state index contributed by atoms with van der Waals surface area (Å²) in [7, 11) is 0. The van der Waals surface area contributed by atoms with Gasteiger partial charge in [-0.3, -0.25) is 0 Å². The van der Waals surface area contributed by atoms with E-state index in [0.717, 1.165) is 6.54 Å². The van der Waals surface area contributed by atoms with Gasteiger partial charge in [0.05, 0.1) is 0 Å². The molecule has 0 amide bonds. The highest BCUT2D eigenvalue weighted by Crippen LogP contribution is 2.22. The molecule has 0 spiro atoms. The van der Waals surface area contributed by atoms with E-state index < -0.39 is 0 Å². The van der Waals surface area contributed by atoms with Gasteiger partial charge >= 0.3 is 0 Å². The van der Waals surface area contributed by atoms with E-state index in [1.165, 1.54) is 29.1 Å². The number of hydrogen-bond donors (Lipinski definition) is 1. The van der Waals surface area contributed by atoms with Gasteiger partial charge in [0.1, 0.15) is 0 Å². The van der Waals surface area contributed by atoms with Crippen molar-refractivity contribution in [2.75, 3.05) is 18.1 Å². The van der Waals surface area contributed by atoms with Crippen molar-refractivity contribution in [2.45, 2.75) is 52.5 Å². The number of aryl methyl sites for hydroxylation is 1. The monoisotopic (exact) mass is 279 g/mol. The molecule has 0 bridgehead atoms. The van der Waals surface area contributed by atoms with Crippen molar-refractivity contribution in [3.05, 3.63) is 35.4 Å². The van der Waals surface area contributed by atoms with Crippen molar-refractivity contribution in [3.63, 3.8) is 0 Å². The molecule has 0 fully saturated rings. The highest BCUT2D eigenvalue weighted by Gasteiger charge is 2.15. The van der Waals surface area contributed by atoms with Crippen LogP contribution in [-0.2, 0) is 0 Å². The molecule has 0 heterocycles. The van der Waals surface area contributed by atoms with Crippen molar-refractivity contribution in [1.29, 1.82) is 0 Å². The predicted molar refractivity (Wildman–Crippen MR) is 89.3 cm³/mol. The van der Waals surface area contributed by atoms with Crippen LogP contribution in [0.5, 0.6) is 0 Å². The van der Waals surface area contributed by atoms with Crippen molar-refractivity contribution in [2.24, 2.45) is 0 Å². The Morgan fingerprint density at radius 2 is 1.79 bits per heavy atom. The van der Waals surface area contributed by atoms with Crippen LogP contribution in [-0.4, -0.2) is 23.6 Å². The molecule has 1 N–H and O–H groups in total. The lowest BCUT2D eigenvalue weighted by Gasteiger charge is -2.25. The Hall–Kier alpha value is -0.470. The number of thioether (sulfide) groups is 1. The standard InChI is InChI=1S/C17H29NS/c1-6-19-12-11-16(13-18-17(3,4)5)15-9-7-14(2)8-10-15/h7-10,16,18H,6,11-13H2,1-5H3. The highest BCUT2D eigenvalue weighted by atomic mass is 32.2. The fourth-order valence-electron chi connectivity index (χ4n) is 2.02. The quantitative estimate of drug-likeness (QED) is 0.732. The van der Waals surface area contributed by atoms with Crippen molar-refractivity contribution in [3.8, 4) is 0 Å². The molecule has 0 saturated carbocycles. The Labute approximate surface area is 123 Å². The van der Waals surface area contributed by atoms with Gasteiger partial charge in [0.15, 0.2) is 0 Å². The van der Waals surface area contributed by atoms with Gasteiger partial charge in [-0.25, -0.2) is 0 Å². The first-order valence-electron chi connectivity index (χ1n) is 7.31. The van der Waals surface area contributed by atoms with Gasteiger partial charge in [0.2, 0.25) is 0 Å². The number of hydrogen-bond acceptors (Lipinski definition) is 2. The Kier molecular flexibility index (Phi) is 6.95. The molecule has 0 saturated heterocycles. The Morgan fingerprint density at radius 3 is 2.32 bits per heavy atom. The number of benzene rings is 1. The van der Waals surface area contributed by atoms with E-state index in [9.17, 15) is 0 Å². The molecule has 19 heavy (non-hydrogen) atoms. The lowest BCUT2D eigenvalue weighted by atomic mass is 9.94. The van der Waals surface area contributed by atoms with E-state index in [1.807, 2.05) is 11.8 Å². The molecule has 1 aromatic rings. The van der Waals surface area contributed by atoms with Crippen LogP contribution in [0.1, 0.15) is 51.2 Å². The molecule has 0 aromatic heterocycles. The minimum Gasteiger partial charge on any atom is -0.311 e. The fraction of sp³-hybridized carbons (Fsp3) is 0.647. The summed E-state index contributed by atoms with van der Waals surface area (Å²) >= 11 is 2.04. The summed E-state index contributed by atoms with van der Waals surface area (Å²) in [5.41, 5.74) is 3.01. The van der Waals surface area contributed by atoms with E-state index in [1.54, 1.807) is 0 Å². The predicted octanol–water partition coefficient (Wildman–Crippen LogP) is 4.61. The largest absolute Gasteiger partial charge is 0.311 e. The van der Waals surface area contributed by atoms with E-state index in [2.05, 4.69) is 64.2 Å². The molecule has 108 valence electrons. The summed E-state index contributed by atoms with van der Waals surface area (Å²) < 4.78 is 0. The van der Waals surface area contributed by atoms with Gasteiger partial charge in [0.25, 0.3) is 0 Å². The smallest absolute Gasteiger partial charge is 0.00967 e. The van der Waals surface area contributed by atoms with Crippen LogP contribution in [0.4, 0.5) is 0 Å². The van der Waals surface area contributed by atoms with Crippen LogP contribution in [0.3, 0.4) is 0 Å². The third-order valence-corrected chi connectivity index (χ3v) is 4.17. The first-order chi connectivity index (χ1) is 8.92. The van der Waals surface area contributed by atoms with Crippen LogP contribution in [0.15, 0.2) is 24.3 Å². The topological polar surface area (TPSA) is 12.0 Å². The first-order valence-corrected chi connectivity index (χ1v) is 8.47. The molecule has 0 radical (unpaired) electrons. The molecule has 0 aliphatic rings. The minimum atomic E-state index is 0.195. The molecular formula is C17H29NS. The zero-order chi connectivity index (χ0) is 14.3. The molecular weight excluding hydrogens is 250 g/mol. The van der Waals surface area contributed by atoms with Crippen LogP contribution in [0.25, 0.3) is 0 Å². The second kappa shape index (κ2) is 7.96. The summed E-state index contributed by atoms with van der Waals surface area (Å²) in [4.78, 5) is 0. The van der Waals surface area contributed by atoms with E-state index in [4.69, 9.17) is 0 Å². The lowest BCUT2D eigenvalue weighted by molar-refractivity contribution is 0.403. The van der Waals surface area contributed by atoms with Crippen LogP contribution >= 0.6 is 11.8 Å². The summed E-state index contributed by atoms with van der Waals surface area (Å²) in [6.07, 6.45) is 1.25. The third-order valence-electron chi connectivity index (χ3n) is 3.24. The Bertz CT molecular complexity index is 351. The average molecular weight is 279 g/mol. The van der Waals surface area contributed by atoms with Gasteiger partial charge in [0, 0.05) is 12.1 Å². The molecule has 0 aliphatic carbocycles. The molecule has 2 heteroatoms. The van der Waals surface area contributed by atoms with Crippen LogP contribution < -0.4 is 5.32 Å². The molecule has 0 aliphatic heterocycles. The highest BCUT2D eigenvalue weighted by molar-refractivity contribution is 7.99. The summed E-state index contributed by atoms with van der Waals surface area (Å²) in [5, 5.41) is 3.65. The van der Waals surface area contributed by atoms with Crippen molar-refractivity contribution < 1.29 is 0 Å². The SMILES string of the molecule is CCSCCC(CNC(C)(C)C)c1ccc(C)cc1. The molecule has 1 atom stereocenters. The maximum atomic E-state index is 3.65. The Balaban J connectivity index is 2.65. The average Bonchev–Trinajstić information content (AvgIpc) is 2.34. The maximum absolute atomic E-state index is 3.65. The summed E-state index contributed by atoms with van der Waals surface area (Å²) in [5.74, 6) is 3.09. The van der Waals surface area contributed by atoms with Gasteiger partial charge < -0.3 is 5.32 Å². The van der Waals surface area contributed by atoms with E-state index in [0.29, 0.717) is 5.92 Å². The third kappa shape index (κ3) is 7.03. The fourth-order valence-corrected chi connectivity index (χ4v) is 2.76. The second-order valence-electron chi connectivity index (χ2n) is 6.22. The second-order valence-corrected chi connectivity index (χ2v) is 7.62. The summed E-state index contributed by atoms with van der Waals surface area (Å²) in [6.45, 7) is 12.2. The molecule has 1 aromatic carbocycles. The minimum absolute atomic E-state index is 0.195. The Morgan fingerprint density at radius 1 is 1.16 bits per heavy atom. The molecule has 1 unspecified atom stereocenters. The van der Waals surface area contributed by atoms with E-state index in [-0.39, 0.29) is 5.54 Å². The van der Waals surface area contributed by atoms with Gasteiger partial charge in [-0.2, -0.15) is 11.8 Å². The first kappa shape index (κ1) is 16.6. The van der Waals surface area contributed by atoms with Gasteiger partial charge in [-0.15, -0.1) is 0 Å². The van der Waals surface area contributed by atoms with Gasteiger partial charge in [-0.1, -0.05) is 36.8 Å². The number of rotatable bonds is 7. The molecule has 1 nitrogen and oxygen atoms in total. The summed E-state index contributed by atoms with van der Waals surface area (Å²) in [6, 6.07) is 9.04. The van der Waals surface area contributed by atoms with Crippen molar-refractivity contribution >= 4 is 11.8 Å². The number of nitrogens with one attached hydrogen (secondary N) is 1. The normalized spacial score (nSPS) is 13.5. The zero-order valence-electron chi connectivity index (χ0n) is 13.1.